The fourth-order valence-electron chi connectivity index (χ4n) is 2.09. The molecule has 1 N–H and O–H groups in total. The number of amides is 1. The average Bonchev–Trinajstić information content (AvgIpc) is 3.05. The highest BCUT2D eigenvalue weighted by Gasteiger charge is 2.18. The highest BCUT2D eigenvalue weighted by atomic mass is 35.5. The number of nitrogens with one attached hydrogen (secondary N) is 1. The van der Waals surface area contributed by atoms with Crippen molar-refractivity contribution in [2.75, 3.05) is 5.32 Å². The van der Waals surface area contributed by atoms with Gasteiger partial charge >= 0.3 is 0 Å². The molecule has 2 aromatic heterocycles. The number of nitrogens with zero attached hydrogens (tertiary/aromatic N) is 3. The van der Waals surface area contributed by atoms with Gasteiger partial charge in [0.15, 0.2) is 5.16 Å². The molecule has 1 atom stereocenters. The molecule has 0 saturated carbocycles. The molecule has 1 amide bonds. The Labute approximate surface area is 153 Å². The van der Waals surface area contributed by atoms with Crippen molar-refractivity contribution < 1.29 is 9.18 Å². The smallest absolute Gasteiger partial charge is 0.238 e. The monoisotopic (exact) mass is 376 g/mol. The lowest BCUT2D eigenvalue weighted by molar-refractivity contribution is -0.115. The van der Waals surface area contributed by atoms with Gasteiger partial charge < -0.3 is 5.32 Å². The number of benzene rings is 1. The number of imidazole rings is 1. The van der Waals surface area contributed by atoms with Gasteiger partial charge in [0.05, 0.1) is 16.0 Å². The van der Waals surface area contributed by atoms with Crippen LogP contribution in [0.3, 0.4) is 0 Å². The molecule has 0 aliphatic rings. The second-order valence-electron chi connectivity index (χ2n) is 5.17. The molecule has 2 heterocycles. The van der Waals surface area contributed by atoms with Gasteiger partial charge in [0, 0.05) is 18.6 Å². The third-order valence-electron chi connectivity index (χ3n) is 3.32. The minimum atomic E-state index is -0.424. The maximum atomic E-state index is 13.4. The molecule has 0 unspecified atom stereocenters. The van der Waals surface area contributed by atoms with Gasteiger partial charge in [-0.25, -0.2) is 14.4 Å². The van der Waals surface area contributed by atoms with Crippen LogP contribution in [0.5, 0.6) is 0 Å². The second-order valence-corrected chi connectivity index (χ2v) is 6.92. The topological polar surface area (TPSA) is 59.8 Å². The molecule has 0 spiro atoms. The van der Waals surface area contributed by atoms with E-state index in [-0.39, 0.29) is 11.7 Å². The van der Waals surface area contributed by atoms with E-state index in [1.807, 2.05) is 0 Å². The summed E-state index contributed by atoms with van der Waals surface area (Å²) < 4.78 is 15.2. The Morgan fingerprint density at radius 1 is 1.32 bits per heavy atom. The molecule has 3 aromatic rings. The summed E-state index contributed by atoms with van der Waals surface area (Å²) in [6.45, 7) is 1.76. The van der Waals surface area contributed by atoms with Crippen LogP contribution in [0.25, 0.3) is 5.69 Å². The van der Waals surface area contributed by atoms with E-state index < -0.39 is 5.25 Å². The molecule has 8 heteroatoms. The fourth-order valence-corrected chi connectivity index (χ4v) is 3.08. The van der Waals surface area contributed by atoms with E-state index in [1.165, 1.54) is 30.1 Å². The van der Waals surface area contributed by atoms with Crippen LogP contribution in [-0.2, 0) is 4.79 Å². The number of anilines is 1. The van der Waals surface area contributed by atoms with Crippen molar-refractivity contribution in [2.24, 2.45) is 0 Å². The van der Waals surface area contributed by atoms with Crippen molar-refractivity contribution in [1.29, 1.82) is 0 Å². The highest BCUT2D eigenvalue weighted by Crippen LogP contribution is 2.25. The average molecular weight is 377 g/mol. The maximum absolute atomic E-state index is 13.4. The van der Waals surface area contributed by atoms with Crippen LogP contribution < -0.4 is 5.32 Å². The van der Waals surface area contributed by atoms with Crippen molar-refractivity contribution in [3.8, 4) is 5.69 Å². The Morgan fingerprint density at radius 2 is 2.16 bits per heavy atom. The molecule has 5 nitrogen and oxygen atoms in total. The lowest BCUT2D eigenvalue weighted by Gasteiger charge is -2.13. The first-order chi connectivity index (χ1) is 12.0. The van der Waals surface area contributed by atoms with Gasteiger partial charge in [-0.1, -0.05) is 29.4 Å². The Bertz CT molecular complexity index is 884. The zero-order valence-corrected chi connectivity index (χ0v) is 14.8. The summed E-state index contributed by atoms with van der Waals surface area (Å²) >= 11 is 7.05. The Morgan fingerprint density at radius 3 is 2.88 bits per heavy atom. The van der Waals surface area contributed by atoms with Gasteiger partial charge in [0.25, 0.3) is 0 Å². The third-order valence-corrected chi connectivity index (χ3v) is 4.63. The quantitative estimate of drug-likeness (QED) is 0.678. The molecule has 3 rings (SSSR count). The molecule has 0 fully saturated rings. The van der Waals surface area contributed by atoms with Crippen LogP contribution in [0.2, 0.25) is 5.02 Å². The summed E-state index contributed by atoms with van der Waals surface area (Å²) in [5, 5.41) is 3.39. The molecule has 0 radical (unpaired) electrons. The first-order valence-electron chi connectivity index (χ1n) is 7.41. The predicted molar refractivity (Wildman–Crippen MR) is 96.7 cm³/mol. The number of rotatable bonds is 5. The SMILES string of the molecule is C[C@H](Sc1nccn1-c1cccc(F)c1)C(=O)Nc1ccc(Cl)cn1. The van der Waals surface area contributed by atoms with E-state index in [4.69, 9.17) is 11.6 Å². The van der Waals surface area contributed by atoms with E-state index in [2.05, 4.69) is 15.3 Å². The van der Waals surface area contributed by atoms with Crippen molar-refractivity contribution >= 4 is 35.1 Å². The molecule has 128 valence electrons. The normalized spacial score (nSPS) is 12.0. The molecular formula is C17H14ClFN4OS. The van der Waals surface area contributed by atoms with Crippen molar-refractivity contribution in [2.45, 2.75) is 17.3 Å². The van der Waals surface area contributed by atoms with Crippen molar-refractivity contribution in [3.05, 3.63) is 65.8 Å². The summed E-state index contributed by atoms with van der Waals surface area (Å²) in [6.07, 6.45) is 4.80. The fraction of sp³-hybridized carbons (Fsp3) is 0.118. The molecule has 0 bridgehead atoms. The Hall–Kier alpha value is -2.38. The van der Waals surface area contributed by atoms with Gasteiger partial charge in [0.1, 0.15) is 11.6 Å². The van der Waals surface area contributed by atoms with Crippen LogP contribution in [0.4, 0.5) is 10.2 Å². The summed E-state index contributed by atoms with van der Waals surface area (Å²) in [6, 6.07) is 9.47. The summed E-state index contributed by atoms with van der Waals surface area (Å²) in [7, 11) is 0. The molecule has 0 aliphatic heterocycles. The summed E-state index contributed by atoms with van der Waals surface area (Å²) in [5.74, 6) is -0.120. The Balaban J connectivity index is 1.71. The Kier molecular flexibility index (Phi) is 5.35. The number of hydrogen-bond donors (Lipinski definition) is 1. The van der Waals surface area contributed by atoms with Crippen LogP contribution >= 0.6 is 23.4 Å². The number of aromatic nitrogens is 3. The van der Waals surface area contributed by atoms with Crippen LogP contribution in [0.1, 0.15) is 6.92 Å². The largest absolute Gasteiger partial charge is 0.310 e. The minimum Gasteiger partial charge on any atom is -0.310 e. The van der Waals surface area contributed by atoms with E-state index in [1.54, 1.807) is 48.1 Å². The first-order valence-corrected chi connectivity index (χ1v) is 8.67. The summed E-state index contributed by atoms with van der Waals surface area (Å²) in [5.41, 5.74) is 0.645. The highest BCUT2D eigenvalue weighted by molar-refractivity contribution is 8.00. The van der Waals surface area contributed by atoms with Crippen LogP contribution in [-0.4, -0.2) is 25.7 Å². The lowest BCUT2D eigenvalue weighted by atomic mass is 10.3. The van der Waals surface area contributed by atoms with Gasteiger partial charge in [-0.2, -0.15) is 0 Å². The number of hydrogen-bond acceptors (Lipinski definition) is 4. The minimum absolute atomic E-state index is 0.214. The summed E-state index contributed by atoms with van der Waals surface area (Å²) in [4.78, 5) is 20.6. The van der Waals surface area contributed by atoms with E-state index in [0.29, 0.717) is 21.7 Å². The van der Waals surface area contributed by atoms with Gasteiger partial charge in [0.2, 0.25) is 5.91 Å². The lowest BCUT2D eigenvalue weighted by Crippen LogP contribution is -2.23. The number of pyridine rings is 1. The zero-order chi connectivity index (χ0) is 17.8. The van der Waals surface area contributed by atoms with Gasteiger partial charge in [-0.3, -0.25) is 9.36 Å². The molecular weight excluding hydrogens is 363 g/mol. The molecule has 0 saturated heterocycles. The van der Waals surface area contributed by atoms with Crippen molar-refractivity contribution in [1.82, 2.24) is 14.5 Å². The third kappa shape index (κ3) is 4.37. The van der Waals surface area contributed by atoms with Gasteiger partial charge in [-0.05, 0) is 37.3 Å². The van der Waals surface area contributed by atoms with E-state index in [9.17, 15) is 9.18 Å². The maximum Gasteiger partial charge on any atom is 0.238 e. The molecule has 0 aliphatic carbocycles. The molecule has 25 heavy (non-hydrogen) atoms. The number of halogens is 2. The van der Waals surface area contributed by atoms with Crippen LogP contribution in [0, 0.1) is 5.82 Å². The van der Waals surface area contributed by atoms with Gasteiger partial charge in [-0.15, -0.1) is 0 Å². The number of carbonyl (C=O) groups excluding carboxylic acids is 1. The van der Waals surface area contributed by atoms with Crippen LogP contribution in [0.15, 0.2) is 60.1 Å². The standard InChI is InChI=1S/C17H14ClFN4OS/c1-11(16(24)22-15-6-5-12(18)10-21-15)25-17-20-7-8-23(17)14-4-2-3-13(19)9-14/h2-11H,1H3,(H,21,22,24)/t11-/m0/s1. The van der Waals surface area contributed by atoms with E-state index in [0.717, 1.165) is 0 Å². The van der Waals surface area contributed by atoms with E-state index >= 15 is 0 Å². The predicted octanol–water partition coefficient (Wildman–Crippen LogP) is 4.18. The molecule has 1 aromatic carbocycles. The number of carbonyl (C=O) groups is 1. The first kappa shape index (κ1) is 17.4. The zero-order valence-electron chi connectivity index (χ0n) is 13.2. The second kappa shape index (κ2) is 7.67. The van der Waals surface area contributed by atoms with Crippen molar-refractivity contribution in [3.63, 3.8) is 0 Å². The number of thioether (sulfide) groups is 1.